The number of phenols is 1. The van der Waals surface area contributed by atoms with Crippen LogP contribution in [0.3, 0.4) is 0 Å². The third-order valence-electron chi connectivity index (χ3n) is 7.43. The summed E-state index contributed by atoms with van der Waals surface area (Å²) in [6.45, 7) is 22.6. The Morgan fingerprint density at radius 3 is 2.12 bits per heavy atom. The lowest BCUT2D eigenvalue weighted by Gasteiger charge is -2.35. The van der Waals surface area contributed by atoms with Crippen LogP contribution < -0.4 is 5.32 Å². The van der Waals surface area contributed by atoms with Gasteiger partial charge in [-0.3, -0.25) is 15.0 Å². The molecule has 1 amide bonds. The van der Waals surface area contributed by atoms with Gasteiger partial charge < -0.3 is 9.84 Å². The van der Waals surface area contributed by atoms with E-state index in [9.17, 15) is 23.1 Å². The van der Waals surface area contributed by atoms with E-state index >= 15 is 0 Å². The fourth-order valence-electron chi connectivity index (χ4n) is 4.97. The molecule has 272 valence electrons. The molecular weight excluding hydrogens is 659 g/mol. The molecule has 2 N–H and O–H groups in total. The number of phenolic OH excluding ortho intramolecular Hbond substituents is 1. The summed E-state index contributed by atoms with van der Waals surface area (Å²) in [6, 6.07) is 5.08. The van der Waals surface area contributed by atoms with Crippen molar-refractivity contribution < 1.29 is 27.8 Å². The largest absolute Gasteiger partial charge is 0.507 e. The van der Waals surface area contributed by atoms with Crippen LogP contribution in [0.4, 0.5) is 18.3 Å². The Balaban J connectivity index is 0.000000758. The number of carbonyl (C=O) groups excluding carboxylic acids is 1. The minimum absolute atomic E-state index is 0.0344. The average molecular weight is 716 g/mol. The Morgan fingerprint density at radius 1 is 1.04 bits per heavy atom. The van der Waals surface area contributed by atoms with Gasteiger partial charge in [0, 0.05) is 30.2 Å². The summed E-state index contributed by atoms with van der Waals surface area (Å²) in [6.07, 6.45) is 2.73. The Hall–Kier alpha value is -2.40. The number of morpholine rings is 1. The van der Waals surface area contributed by atoms with Crippen molar-refractivity contribution in [1.82, 2.24) is 9.88 Å². The smallest absolute Gasteiger partial charge is 0.416 e. The van der Waals surface area contributed by atoms with Gasteiger partial charge in [-0.2, -0.15) is 13.2 Å². The molecule has 6 nitrogen and oxygen atoms in total. The van der Waals surface area contributed by atoms with Gasteiger partial charge in [0.05, 0.1) is 33.6 Å². The minimum atomic E-state index is -4.48. The average Bonchev–Trinajstić information content (AvgIpc) is 3.44. The molecule has 0 radical (unpaired) electrons. The Kier molecular flexibility index (Phi) is 19.7. The third kappa shape index (κ3) is 14.2. The molecule has 4 rings (SSSR count). The topological polar surface area (TPSA) is 74.7 Å². The number of alkyl halides is 3. The number of halogens is 4. The number of hydrogen-bond acceptors (Lipinski definition) is 6. The van der Waals surface area contributed by atoms with Crippen LogP contribution >= 0.6 is 22.9 Å². The molecule has 1 aliphatic heterocycles. The fraction of sp³-hybridized carbons (Fsp3) is 0.622. The molecule has 1 unspecified atom stereocenters. The van der Waals surface area contributed by atoms with E-state index in [1.165, 1.54) is 38.2 Å². The van der Waals surface area contributed by atoms with Gasteiger partial charge >= 0.3 is 6.18 Å². The number of amides is 1. The van der Waals surface area contributed by atoms with E-state index in [2.05, 4.69) is 49.8 Å². The highest BCUT2D eigenvalue weighted by atomic mass is 35.5. The van der Waals surface area contributed by atoms with Gasteiger partial charge in [0.2, 0.25) is 0 Å². The Labute approximate surface area is 295 Å². The molecule has 48 heavy (non-hydrogen) atoms. The summed E-state index contributed by atoms with van der Waals surface area (Å²) in [5.41, 5.74) is 0.553. The first-order valence-electron chi connectivity index (χ1n) is 17.3. The minimum Gasteiger partial charge on any atom is -0.507 e. The molecular formula is C37H57ClF3N3O3S. The van der Waals surface area contributed by atoms with Gasteiger partial charge in [0.1, 0.15) is 5.75 Å². The predicted octanol–water partition coefficient (Wildman–Crippen LogP) is 11.8. The van der Waals surface area contributed by atoms with E-state index in [-0.39, 0.29) is 33.7 Å². The third-order valence-corrected chi connectivity index (χ3v) is 8.56. The van der Waals surface area contributed by atoms with E-state index in [0.29, 0.717) is 47.4 Å². The molecule has 2 atom stereocenters. The van der Waals surface area contributed by atoms with Gasteiger partial charge in [-0.1, -0.05) is 110 Å². The number of fused-ring (bicyclic) bond motifs is 1. The quantitative estimate of drug-likeness (QED) is 0.231. The van der Waals surface area contributed by atoms with Crippen LogP contribution in [0.1, 0.15) is 128 Å². The standard InChI is InChI=1S/C24H25ClF3N3O3S.C7H16.C4H10.C2H6/c1-4-14-5-16(24(26,27)28)7-19-20(14)29-23(35-19)30-22(33)18-8-17(25)6-15(21(18)32)11-31-9-12(2)34-13(3)10-31;1-4-5-6-7(2)3;1-3-4-2;1-2/h5-8,12-13,32H,4,9-11H2,1-3H3,(H,29,30,33);7H,4-6H2,1-3H3;3-4H2,1-2H3;1-2H3/t12-,13?;;;/m1.../s1. The number of aromatic nitrogens is 1. The Bertz CT molecular complexity index is 1390. The highest BCUT2D eigenvalue weighted by molar-refractivity contribution is 7.22. The first kappa shape index (κ1) is 43.6. The van der Waals surface area contributed by atoms with Gasteiger partial charge in [0.15, 0.2) is 5.13 Å². The molecule has 0 spiro atoms. The molecule has 2 aromatic carbocycles. The molecule has 1 aliphatic rings. The first-order chi connectivity index (χ1) is 22.6. The van der Waals surface area contributed by atoms with E-state index in [1.807, 2.05) is 27.7 Å². The summed E-state index contributed by atoms with van der Waals surface area (Å²) >= 11 is 7.20. The number of nitrogens with one attached hydrogen (secondary N) is 1. The second-order valence-electron chi connectivity index (χ2n) is 12.3. The summed E-state index contributed by atoms with van der Waals surface area (Å²) in [5.74, 6) is 0.0523. The number of nitrogens with zero attached hydrogens (tertiary/aromatic N) is 2. The summed E-state index contributed by atoms with van der Waals surface area (Å²) in [7, 11) is 0. The van der Waals surface area contributed by atoms with Gasteiger partial charge in [-0.15, -0.1) is 0 Å². The van der Waals surface area contributed by atoms with Gasteiger partial charge in [0.25, 0.3) is 5.91 Å². The van der Waals surface area contributed by atoms with Crippen molar-refractivity contribution in [2.75, 3.05) is 18.4 Å². The van der Waals surface area contributed by atoms with Crippen LogP contribution in [0.25, 0.3) is 10.2 Å². The number of thiazole rings is 1. The van der Waals surface area contributed by atoms with Gasteiger partial charge in [-0.05, 0) is 56.0 Å². The predicted molar refractivity (Wildman–Crippen MR) is 197 cm³/mol. The lowest BCUT2D eigenvalue weighted by Crippen LogP contribution is -2.44. The second-order valence-corrected chi connectivity index (χ2v) is 13.7. The number of anilines is 1. The van der Waals surface area contributed by atoms with Crippen molar-refractivity contribution in [2.24, 2.45) is 5.92 Å². The molecule has 0 bridgehead atoms. The van der Waals surface area contributed by atoms with Crippen molar-refractivity contribution in [1.29, 1.82) is 0 Å². The van der Waals surface area contributed by atoms with Crippen molar-refractivity contribution in [3.8, 4) is 5.75 Å². The van der Waals surface area contributed by atoms with E-state index in [0.717, 1.165) is 29.4 Å². The fourth-order valence-corrected chi connectivity index (χ4v) is 6.16. The second kappa shape index (κ2) is 21.6. The van der Waals surface area contributed by atoms with Crippen molar-refractivity contribution in [3.05, 3.63) is 51.5 Å². The number of carbonyl (C=O) groups is 1. The number of aromatic hydroxyl groups is 1. The molecule has 3 aromatic rings. The van der Waals surface area contributed by atoms with E-state index in [1.54, 1.807) is 13.0 Å². The van der Waals surface area contributed by atoms with Crippen LogP contribution in [0, 0.1) is 5.92 Å². The summed E-state index contributed by atoms with van der Waals surface area (Å²) < 4.78 is 45.9. The van der Waals surface area contributed by atoms with Crippen LogP contribution in [-0.2, 0) is 23.9 Å². The molecule has 1 aromatic heterocycles. The van der Waals surface area contributed by atoms with Crippen LogP contribution in [-0.4, -0.2) is 46.2 Å². The van der Waals surface area contributed by atoms with Crippen LogP contribution in [0.15, 0.2) is 24.3 Å². The van der Waals surface area contributed by atoms with E-state index < -0.39 is 17.6 Å². The summed E-state index contributed by atoms with van der Waals surface area (Å²) in [5, 5.41) is 13.9. The maximum Gasteiger partial charge on any atom is 0.416 e. The highest BCUT2D eigenvalue weighted by Crippen LogP contribution is 2.37. The first-order valence-corrected chi connectivity index (χ1v) is 18.5. The highest BCUT2D eigenvalue weighted by Gasteiger charge is 2.32. The Morgan fingerprint density at radius 2 is 1.65 bits per heavy atom. The number of ether oxygens (including phenoxy) is 1. The molecule has 11 heteroatoms. The SMILES string of the molecule is CC.CCCC.CCCCC(C)C.CCc1cc(C(F)(F)F)cc2sc(NC(=O)c3cc(Cl)cc(CN4CC(C)O[C@H](C)C4)c3O)nc12. The monoisotopic (exact) mass is 715 g/mol. The van der Waals surface area contributed by atoms with Crippen LogP contribution in [0.2, 0.25) is 5.02 Å². The lowest BCUT2D eigenvalue weighted by atomic mass is 10.1. The van der Waals surface area contributed by atoms with E-state index in [4.69, 9.17) is 16.3 Å². The van der Waals surface area contributed by atoms with Crippen molar-refractivity contribution in [3.63, 3.8) is 0 Å². The number of unbranched alkanes of at least 4 members (excludes halogenated alkanes) is 2. The zero-order valence-corrected chi connectivity index (χ0v) is 32.1. The molecule has 2 heterocycles. The molecule has 1 saturated heterocycles. The molecule has 0 aliphatic carbocycles. The van der Waals surface area contributed by atoms with Crippen molar-refractivity contribution >= 4 is 44.2 Å². The number of hydrogen-bond donors (Lipinski definition) is 2. The lowest BCUT2D eigenvalue weighted by molar-refractivity contribution is -0.137. The van der Waals surface area contributed by atoms with Crippen LogP contribution in [0.5, 0.6) is 5.75 Å². The zero-order chi connectivity index (χ0) is 36.6. The summed E-state index contributed by atoms with van der Waals surface area (Å²) in [4.78, 5) is 19.5. The number of aryl methyl sites for hydroxylation is 1. The van der Waals surface area contributed by atoms with Crippen molar-refractivity contribution in [2.45, 2.75) is 133 Å². The zero-order valence-electron chi connectivity index (χ0n) is 30.5. The maximum atomic E-state index is 13.3. The van der Waals surface area contributed by atoms with Gasteiger partial charge in [-0.25, -0.2) is 4.98 Å². The normalized spacial score (nSPS) is 16.3. The molecule has 1 fully saturated rings. The maximum absolute atomic E-state index is 13.3. The molecule has 0 saturated carbocycles. The number of benzene rings is 2. The number of rotatable bonds is 9.